The molecule has 0 N–H and O–H groups in total. The second-order valence-corrected chi connectivity index (χ2v) is 8.24. The number of ether oxygens (including phenoxy) is 3. The predicted octanol–water partition coefficient (Wildman–Crippen LogP) is 5.08. The fraction of sp³-hybridized carbons (Fsp3) is 0.909. The first kappa shape index (κ1) is 24.7. The maximum Gasteiger partial charge on any atom is 0.508 e. The van der Waals surface area contributed by atoms with E-state index in [0.29, 0.717) is 6.42 Å². The lowest BCUT2D eigenvalue weighted by Crippen LogP contribution is -2.36. The van der Waals surface area contributed by atoms with Gasteiger partial charge in [0.05, 0.1) is 6.10 Å². The number of esters is 1. The largest absolute Gasteiger partial charge is 0.508 e. The normalized spacial score (nSPS) is 16.8. The standard InChI is InChI=1S/C22H41NO5/c1-5-6-7-8-9-10-11-19(12-13-21(24)26-18(2)3)27-22(25)28-20-14-16-23(4)17-15-20/h18-20H,5-17H2,1-4H3. The van der Waals surface area contributed by atoms with Gasteiger partial charge in [0.25, 0.3) is 0 Å². The fourth-order valence-electron chi connectivity index (χ4n) is 3.42. The van der Waals surface area contributed by atoms with E-state index in [1.165, 1.54) is 25.7 Å². The lowest BCUT2D eigenvalue weighted by molar-refractivity contribution is -0.148. The molecule has 1 aliphatic heterocycles. The van der Waals surface area contributed by atoms with Crippen LogP contribution in [0.2, 0.25) is 0 Å². The summed E-state index contributed by atoms with van der Waals surface area (Å²) in [7, 11) is 2.07. The average molecular weight is 400 g/mol. The Morgan fingerprint density at radius 1 is 0.964 bits per heavy atom. The van der Waals surface area contributed by atoms with E-state index in [2.05, 4.69) is 18.9 Å². The Labute approximate surface area is 171 Å². The van der Waals surface area contributed by atoms with Gasteiger partial charge in [-0.05, 0) is 53.0 Å². The molecule has 1 saturated heterocycles. The van der Waals surface area contributed by atoms with Crippen molar-refractivity contribution in [2.75, 3.05) is 20.1 Å². The van der Waals surface area contributed by atoms with Crippen LogP contribution in [0.4, 0.5) is 4.79 Å². The fourth-order valence-corrected chi connectivity index (χ4v) is 3.42. The van der Waals surface area contributed by atoms with Crippen molar-refractivity contribution in [1.82, 2.24) is 4.90 Å². The molecular formula is C22H41NO5. The van der Waals surface area contributed by atoms with Crippen molar-refractivity contribution in [3.05, 3.63) is 0 Å². The predicted molar refractivity (Wildman–Crippen MR) is 110 cm³/mol. The second kappa shape index (κ2) is 14.7. The quantitative estimate of drug-likeness (QED) is 0.318. The summed E-state index contributed by atoms with van der Waals surface area (Å²) >= 11 is 0. The molecule has 164 valence electrons. The smallest absolute Gasteiger partial charge is 0.463 e. The molecule has 1 aliphatic rings. The van der Waals surface area contributed by atoms with Gasteiger partial charge in [0.2, 0.25) is 0 Å². The van der Waals surface area contributed by atoms with Crippen molar-refractivity contribution in [2.24, 2.45) is 0 Å². The summed E-state index contributed by atoms with van der Waals surface area (Å²) in [6.45, 7) is 7.73. The Bertz CT molecular complexity index is 433. The van der Waals surface area contributed by atoms with Crippen molar-refractivity contribution in [2.45, 2.75) is 110 Å². The molecule has 6 nitrogen and oxygen atoms in total. The third kappa shape index (κ3) is 12.2. The summed E-state index contributed by atoms with van der Waals surface area (Å²) in [5.41, 5.74) is 0. The number of hydrogen-bond acceptors (Lipinski definition) is 6. The monoisotopic (exact) mass is 399 g/mol. The SMILES string of the molecule is CCCCCCCCC(CCC(=O)OC(C)C)OC(=O)OC1CCN(C)CC1. The maximum atomic E-state index is 12.2. The van der Waals surface area contributed by atoms with Gasteiger partial charge in [-0.25, -0.2) is 4.79 Å². The van der Waals surface area contributed by atoms with Crippen LogP contribution in [0.3, 0.4) is 0 Å². The minimum atomic E-state index is -0.595. The molecular weight excluding hydrogens is 358 g/mol. The van der Waals surface area contributed by atoms with Gasteiger partial charge in [0, 0.05) is 19.5 Å². The second-order valence-electron chi connectivity index (χ2n) is 8.24. The highest BCUT2D eigenvalue weighted by molar-refractivity contribution is 5.69. The summed E-state index contributed by atoms with van der Waals surface area (Å²) in [5, 5.41) is 0. The first-order valence-corrected chi connectivity index (χ1v) is 11.2. The van der Waals surface area contributed by atoms with Crippen LogP contribution in [0.25, 0.3) is 0 Å². The summed E-state index contributed by atoms with van der Waals surface area (Å²) in [6, 6.07) is 0. The highest BCUT2D eigenvalue weighted by Gasteiger charge is 2.23. The average Bonchev–Trinajstić information content (AvgIpc) is 2.63. The zero-order chi connectivity index (χ0) is 20.8. The lowest BCUT2D eigenvalue weighted by Gasteiger charge is -2.28. The number of carbonyl (C=O) groups is 2. The lowest BCUT2D eigenvalue weighted by atomic mass is 10.0. The molecule has 1 unspecified atom stereocenters. The first-order valence-electron chi connectivity index (χ1n) is 11.2. The molecule has 28 heavy (non-hydrogen) atoms. The summed E-state index contributed by atoms with van der Waals surface area (Å²) in [4.78, 5) is 26.3. The van der Waals surface area contributed by atoms with Gasteiger partial charge in [-0.3, -0.25) is 4.79 Å². The summed E-state index contributed by atoms with van der Waals surface area (Å²) < 4.78 is 16.3. The van der Waals surface area contributed by atoms with Crippen LogP contribution in [-0.4, -0.2) is 55.5 Å². The molecule has 1 fully saturated rings. The van der Waals surface area contributed by atoms with Gasteiger partial charge in [-0.1, -0.05) is 39.0 Å². The number of unbranched alkanes of at least 4 members (excludes halogenated alkanes) is 5. The van der Waals surface area contributed by atoms with Crippen molar-refractivity contribution < 1.29 is 23.8 Å². The Balaban J connectivity index is 2.39. The van der Waals surface area contributed by atoms with E-state index in [-0.39, 0.29) is 30.7 Å². The Morgan fingerprint density at radius 2 is 1.61 bits per heavy atom. The molecule has 0 amide bonds. The Morgan fingerprint density at radius 3 is 2.25 bits per heavy atom. The molecule has 1 heterocycles. The van der Waals surface area contributed by atoms with Crippen molar-refractivity contribution in [3.8, 4) is 0 Å². The van der Waals surface area contributed by atoms with Gasteiger partial charge in [0.1, 0.15) is 12.2 Å². The zero-order valence-corrected chi connectivity index (χ0v) is 18.4. The van der Waals surface area contributed by atoms with Gasteiger partial charge in [0.15, 0.2) is 0 Å². The highest BCUT2D eigenvalue weighted by atomic mass is 16.7. The number of rotatable bonds is 13. The van der Waals surface area contributed by atoms with Crippen LogP contribution in [0.5, 0.6) is 0 Å². The molecule has 1 atom stereocenters. The minimum Gasteiger partial charge on any atom is -0.463 e. The van der Waals surface area contributed by atoms with E-state index >= 15 is 0 Å². The molecule has 0 spiro atoms. The summed E-state index contributed by atoms with van der Waals surface area (Å²) in [6.07, 6.45) is 9.20. The van der Waals surface area contributed by atoms with E-state index in [1.54, 1.807) is 0 Å². The van der Waals surface area contributed by atoms with E-state index in [0.717, 1.165) is 45.2 Å². The van der Waals surface area contributed by atoms with Crippen molar-refractivity contribution in [1.29, 1.82) is 0 Å². The van der Waals surface area contributed by atoms with Crippen LogP contribution in [0.1, 0.15) is 91.4 Å². The van der Waals surface area contributed by atoms with Crippen LogP contribution in [0, 0.1) is 0 Å². The molecule has 0 aliphatic carbocycles. The minimum absolute atomic E-state index is 0.0655. The van der Waals surface area contributed by atoms with Crippen LogP contribution < -0.4 is 0 Å². The summed E-state index contributed by atoms with van der Waals surface area (Å²) in [5.74, 6) is -0.241. The highest BCUT2D eigenvalue weighted by Crippen LogP contribution is 2.18. The molecule has 0 radical (unpaired) electrons. The van der Waals surface area contributed by atoms with Gasteiger partial charge < -0.3 is 19.1 Å². The first-order chi connectivity index (χ1) is 13.4. The van der Waals surface area contributed by atoms with E-state index in [1.807, 2.05) is 13.8 Å². The number of piperidine rings is 1. The number of likely N-dealkylation sites (tertiary alicyclic amines) is 1. The Hall–Kier alpha value is -1.30. The zero-order valence-electron chi connectivity index (χ0n) is 18.4. The number of hydrogen-bond donors (Lipinski definition) is 0. The molecule has 0 bridgehead atoms. The molecule has 6 heteroatoms. The molecule has 1 rings (SSSR count). The van der Waals surface area contributed by atoms with Crippen molar-refractivity contribution in [3.63, 3.8) is 0 Å². The molecule has 0 aromatic rings. The number of nitrogens with zero attached hydrogens (tertiary/aromatic N) is 1. The molecule has 0 aromatic heterocycles. The molecule has 0 saturated carbocycles. The van der Waals surface area contributed by atoms with Gasteiger partial charge in [-0.2, -0.15) is 0 Å². The Kier molecular flexibility index (Phi) is 13.0. The van der Waals surface area contributed by atoms with E-state index < -0.39 is 6.16 Å². The van der Waals surface area contributed by atoms with E-state index in [4.69, 9.17) is 14.2 Å². The van der Waals surface area contributed by atoms with E-state index in [9.17, 15) is 9.59 Å². The van der Waals surface area contributed by atoms with Gasteiger partial charge >= 0.3 is 12.1 Å². The topological polar surface area (TPSA) is 65.1 Å². The molecule has 0 aromatic carbocycles. The maximum absolute atomic E-state index is 12.2. The third-order valence-electron chi connectivity index (χ3n) is 5.11. The van der Waals surface area contributed by atoms with Gasteiger partial charge in [-0.15, -0.1) is 0 Å². The van der Waals surface area contributed by atoms with Crippen molar-refractivity contribution >= 4 is 12.1 Å². The van der Waals surface area contributed by atoms with Crippen LogP contribution in [0.15, 0.2) is 0 Å². The number of carbonyl (C=O) groups excluding carboxylic acids is 2. The third-order valence-corrected chi connectivity index (χ3v) is 5.11. The van der Waals surface area contributed by atoms with Crippen LogP contribution in [-0.2, 0) is 19.0 Å². The van der Waals surface area contributed by atoms with Crippen LogP contribution >= 0.6 is 0 Å².